The Morgan fingerprint density at radius 3 is 3.22 bits per heavy atom. The molecule has 1 fully saturated rings. The molecule has 0 amide bonds. The van der Waals surface area contributed by atoms with Gasteiger partial charge < -0.3 is 0 Å². The molecule has 2 aliphatic carbocycles. The average molecular weight is 122 g/mol. The van der Waals surface area contributed by atoms with Gasteiger partial charge in [-0.05, 0) is 37.5 Å². The van der Waals surface area contributed by atoms with Gasteiger partial charge in [0.2, 0.25) is 0 Å². The monoisotopic (exact) mass is 122 g/mol. The van der Waals surface area contributed by atoms with Gasteiger partial charge in [0.25, 0.3) is 0 Å². The lowest BCUT2D eigenvalue weighted by Crippen LogP contribution is -2.01. The van der Waals surface area contributed by atoms with Crippen molar-refractivity contribution in [2.24, 2.45) is 11.8 Å². The van der Waals surface area contributed by atoms with Crippen molar-refractivity contribution < 1.29 is 0 Å². The van der Waals surface area contributed by atoms with E-state index in [1.807, 2.05) is 0 Å². The summed E-state index contributed by atoms with van der Waals surface area (Å²) in [7, 11) is 0. The van der Waals surface area contributed by atoms with Gasteiger partial charge in [0.15, 0.2) is 0 Å². The molecule has 0 bridgehead atoms. The first kappa shape index (κ1) is 5.52. The molecule has 0 aliphatic heterocycles. The predicted octanol–water partition coefficient (Wildman–Crippen LogP) is 2.75. The Bertz CT molecular complexity index is 144. The summed E-state index contributed by atoms with van der Waals surface area (Å²) in [5, 5.41) is 0. The molecule has 2 unspecified atom stereocenters. The minimum atomic E-state index is 0.975. The van der Waals surface area contributed by atoms with Crippen LogP contribution in [0.5, 0.6) is 0 Å². The maximum Gasteiger partial charge on any atom is -0.0174 e. The van der Waals surface area contributed by atoms with Crippen molar-refractivity contribution in [1.82, 2.24) is 0 Å². The van der Waals surface area contributed by atoms with Gasteiger partial charge in [-0.2, -0.15) is 0 Å². The zero-order valence-electron chi connectivity index (χ0n) is 6.06. The van der Waals surface area contributed by atoms with E-state index in [9.17, 15) is 0 Å². The Balaban J connectivity index is 2.19. The van der Waals surface area contributed by atoms with Crippen LogP contribution >= 0.6 is 0 Å². The summed E-state index contributed by atoms with van der Waals surface area (Å²) in [6.07, 6.45) is 8.19. The molecule has 0 N–H and O–H groups in total. The fraction of sp³-hybridized carbons (Fsp3) is 0.778. The Morgan fingerprint density at radius 2 is 2.44 bits per heavy atom. The minimum Gasteiger partial charge on any atom is -0.0848 e. The van der Waals surface area contributed by atoms with Crippen molar-refractivity contribution in [2.45, 2.75) is 32.6 Å². The van der Waals surface area contributed by atoms with Crippen LogP contribution in [0.2, 0.25) is 0 Å². The lowest BCUT2D eigenvalue weighted by Gasteiger charge is -2.10. The first-order valence-electron chi connectivity index (χ1n) is 4.07. The second-order valence-corrected chi connectivity index (χ2v) is 3.49. The van der Waals surface area contributed by atoms with Crippen molar-refractivity contribution in [3.05, 3.63) is 11.6 Å². The molecule has 0 heteroatoms. The molecule has 9 heavy (non-hydrogen) atoms. The van der Waals surface area contributed by atoms with Crippen LogP contribution in [0.15, 0.2) is 11.6 Å². The Hall–Kier alpha value is -0.260. The van der Waals surface area contributed by atoms with E-state index >= 15 is 0 Å². The first-order valence-corrected chi connectivity index (χ1v) is 4.07. The maximum absolute atomic E-state index is 2.47. The molecule has 0 heterocycles. The summed E-state index contributed by atoms with van der Waals surface area (Å²) in [6.45, 7) is 2.39. The summed E-state index contributed by atoms with van der Waals surface area (Å²) in [4.78, 5) is 0. The predicted molar refractivity (Wildman–Crippen MR) is 39.2 cm³/mol. The van der Waals surface area contributed by atoms with Gasteiger partial charge in [-0.25, -0.2) is 0 Å². The third-order valence-electron chi connectivity index (χ3n) is 2.90. The van der Waals surface area contributed by atoms with Gasteiger partial charge in [-0.15, -0.1) is 0 Å². The second kappa shape index (κ2) is 1.86. The molecule has 2 rings (SSSR count). The van der Waals surface area contributed by atoms with Crippen LogP contribution < -0.4 is 0 Å². The van der Waals surface area contributed by atoms with E-state index in [0.717, 1.165) is 11.8 Å². The number of allylic oxidation sites excluding steroid dienone is 2. The molecular weight excluding hydrogens is 108 g/mol. The van der Waals surface area contributed by atoms with Crippen molar-refractivity contribution in [1.29, 1.82) is 0 Å². The van der Waals surface area contributed by atoms with E-state index in [1.54, 1.807) is 5.57 Å². The molecule has 2 atom stereocenters. The zero-order chi connectivity index (χ0) is 6.27. The largest absolute Gasteiger partial charge is 0.0848 e. The van der Waals surface area contributed by atoms with Crippen molar-refractivity contribution in [2.75, 3.05) is 0 Å². The highest BCUT2D eigenvalue weighted by atomic mass is 14.3. The van der Waals surface area contributed by atoms with E-state index in [-0.39, 0.29) is 0 Å². The van der Waals surface area contributed by atoms with E-state index in [2.05, 4.69) is 13.0 Å². The summed E-state index contributed by atoms with van der Waals surface area (Å²) in [5.74, 6) is 1.98. The number of hydrogen-bond acceptors (Lipinski definition) is 0. The average Bonchev–Trinajstić information content (AvgIpc) is 2.35. The quantitative estimate of drug-likeness (QED) is 0.433. The number of fused-ring (bicyclic) bond motifs is 1. The molecule has 2 aliphatic rings. The number of rotatable bonds is 0. The van der Waals surface area contributed by atoms with E-state index < -0.39 is 0 Å². The third kappa shape index (κ3) is 0.726. The zero-order valence-corrected chi connectivity index (χ0v) is 6.06. The van der Waals surface area contributed by atoms with Gasteiger partial charge in [-0.3, -0.25) is 0 Å². The van der Waals surface area contributed by atoms with E-state index in [1.165, 1.54) is 25.7 Å². The Labute approximate surface area is 57.0 Å². The normalized spacial score (nSPS) is 40.8. The summed E-state index contributed by atoms with van der Waals surface area (Å²) < 4.78 is 0. The maximum atomic E-state index is 2.47. The molecule has 0 saturated heterocycles. The van der Waals surface area contributed by atoms with Crippen LogP contribution in [-0.2, 0) is 0 Å². The summed E-state index contributed by atoms with van der Waals surface area (Å²) in [5.41, 5.74) is 1.78. The third-order valence-corrected chi connectivity index (χ3v) is 2.90. The second-order valence-electron chi connectivity index (χ2n) is 3.49. The highest BCUT2D eigenvalue weighted by Crippen LogP contribution is 2.42. The molecule has 0 radical (unpaired) electrons. The van der Waals surface area contributed by atoms with Crippen molar-refractivity contribution in [3.8, 4) is 0 Å². The summed E-state index contributed by atoms with van der Waals surface area (Å²) in [6, 6.07) is 0. The van der Waals surface area contributed by atoms with Gasteiger partial charge in [0, 0.05) is 0 Å². The lowest BCUT2D eigenvalue weighted by molar-refractivity contribution is 0.450. The van der Waals surface area contributed by atoms with Crippen molar-refractivity contribution in [3.63, 3.8) is 0 Å². The van der Waals surface area contributed by atoms with Gasteiger partial charge in [0.1, 0.15) is 0 Å². The van der Waals surface area contributed by atoms with Crippen molar-refractivity contribution >= 4 is 0 Å². The molecule has 0 aromatic carbocycles. The smallest absolute Gasteiger partial charge is 0.0174 e. The van der Waals surface area contributed by atoms with E-state index in [0.29, 0.717) is 0 Å². The highest BCUT2D eigenvalue weighted by Gasteiger charge is 2.29. The molecule has 1 saturated carbocycles. The van der Waals surface area contributed by atoms with Gasteiger partial charge in [0.05, 0.1) is 0 Å². The molecule has 0 aromatic rings. The first-order chi connectivity index (χ1) is 4.38. The van der Waals surface area contributed by atoms with Crippen LogP contribution in [0.3, 0.4) is 0 Å². The molecule has 0 nitrogen and oxygen atoms in total. The van der Waals surface area contributed by atoms with E-state index in [4.69, 9.17) is 0 Å². The lowest BCUT2D eigenvalue weighted by atomic mass is 9.95. The van der Waals surface area contributed by atoms with Crippen LogP contribution in [0, 0.1) is 11.8 Å². The van der Waals surface area contributed by atoms with Crippen LogP contribution in [-0.4, -0.2) is 0 Å². The Morgan fingerprint density at radius 1 is 1.56 bits per heavy atom. The van der Waals surface area contributed by atoms with Gasteiger partial charge in [-0.1, -0.05) is 18.6 Å². The molecule has 0 spiro atoms. The van der Waals surface area contributed by atoms with Crippen LogP contribution in [0.25, 0.3) is 0 Å². The molecular formula is C9H14. The van der Waals surface area contributed by atoms with Crippen LogP contribution in [0.1, 0.15) is 32.6 Å². The van der Waals surface area contributed by atoms with Crippen LogP contribution in [0.4, 0.5) is 0 Å². The highest BCUT2D eigenvalue weighted by molar-refractivity contribution is 5.17. The molecule has 50 valence electrons. The van der Waals surface area contributed by atoms with Gasteiger partial charge >= 0.3 is 0 Å². The topological polar surface area (TPSA) is 0 Å². The minimum absolute atomic E-state index is 0.975. The standard InChI is InChI=1S/C9H14/c1-7-5-6-8-3-2-4-9(7)8/h6-7,9H,2-5H2,1H3. The Kier molecular flexibility index (Phi) is 1.14. The SMILES string of the molecule is CC1CC=C2CCCC21. The number of hydrogen-bond donors (Lipinski definition) is 0. The summed E-state index contributed by atoms with van der Waals surface area (Å²) >= 11 is 0. The molecule has 0 aromatic heterocycles. The fourth-order valence-corrected chi connectivity index (χ4v) is 2.30. The fourth-order valence-electron chi connectivity index (χ4n) is 2.30.